The summed E-state index contributed by atoms with van der Waals surface area (Å²) < 4.78 is 7.28. The van der Waals surface area contributed by atoms with Crippen molar-refractivity contribution in [3.8, 4) is 5.75 Å². The molecule has 0 radical (unpaired) electrons. The number of likely N-dealkylation sites (tertiary alicyclic amines) is 1. The normalized spacial score (nSPS) is 17.6. The summed E-state index contributed by atoms with van der Waals surface area (Å²) in [6, 6.07) is 8.43. The second-order valence-corrected chi connectivity index (χ2v) is 6.67. The van der Waals surface area contributed by atoms with Gasteiger partial charge in [0.25, 0.3) is 5.91 Å². The minimum Gasteiger partial charge on any atom is -0.494 e. The first-order valence-corrected chi connectivity index (χ1v) is 9.44. The van der Waals surface area contributed by atoms with Gasteiger partial charge in [0, 0.05) is 19.6 Å². The maximum Gasteiger partial charge on any atom is 0.273 e. The number of ether oxygens (including phenoxy) is 1. The third-order valence-electron chi connectivity index (χ3n) is 4.64. The van der Waals surface area contributed by atoms with Gasteiger partial charge in [0.15, 0.2) is 5.69 Å². The average Bonchev–Trinajstić information content (AvgIpc) is 3.18. The number of nitrogens with one attached hydrogen (secondary N) is 1. The lowest BCUT2D eigenvalue weighted by molar-refractivity contribution is 0.0939. The highest BCUT2D eigenvalue weighted by Crippen LogP contribution is 2.23. The highest BCUT2D eigenvalue weighted by Gasteiger charge is 2.23. The van der Waals surface area contributed by atoms with Crippen molar-refractivity contribution in [1.29, 1.82) is 0 Å². The molecule has 0 saturated carbocycles. The second kappa shape index (κ2) is 9.48. The van der Waals surface area contributed by atoms with Gasteiger partial charge >= 0.3 is 0 Å². The number of piperidine rings is 1. The standard InChI is InChI=1S/C19H27N5O3/c1-2-27-17-7-5-15(6-8-17)12-23-10-3-4-16(13-23)24-14-18(21-22-24)19(26)20-9-11-25/h5-8,14,16,25H,2-4,9-13H2,1H3,(H,20,26). The van der Waals surface area contributed by atoms with E-state index in [1.165, 1.54) is 5.56 Å². The van der Waals surface area contributed by atoms with Crippen LogP contribution in [0.25, 0.3) is 0 Å². The molecule has 8 heteroatoms. The predicted molar refractivity (Wildman–Crippen MR) is 101 cm³/mol. The van der Waals surface area contributed by atoms with Gasteiger partial charge in [-0.25, -0.2) is 4.68 Å². The fraction of sp³-hybridized carbons (Fsp3) is 0.526. The topological polar surface area (TPSA) is 92.5 Å². The van der Waals surface area contributed by atoms with Gasteiger partial charge in [0.2, 0.25) is 0 Å². The van der Waals surface area contributed by atoms with E-state index < -0.39 is 0 Å². The van der Waals surface area contributed by atoms with Crippen molar-refractivity contribution in [3.63, 3.8) is 0 Å². The first-order valence-electron chi connectivity index (χ1n) is 9.44. The van der Waals surface area contributed by atoms with Crippen LogP contribution in [0.1, 0.15) is 41.9 Å². The monoisotopic (exact) mass is 373 g/mol. The zero-order chi connectivity index (χ0) is 19.1. The van der Waals surface area contributed by atoms with Crippen molar-refractivity contribution in [2.45, 2.75) is 32.4 Å². The highest BCUT2D eigenvalue weighted by atomic mass is 16.5. The number of aliphatic hydroxyl groups is 1. The first kappa shape index (κ1) is 19.3. The van der Waals surface area contributed by atoms with Crippen LogP contribution in [-0.4, -0.2) is 63.8 Å². The van der Waals surface area contributed by atoms with Crippen LogP contribution >= 0.6 is 0 Å². The Hall–Kier alpha value is -2.45. The van der Waals surface area contributed by atoms with Crippen LogP contribution in [-0.2, 0) is 6.54 Å². The van der Waals surface area contributed by atoms with Crippen molar-refractivity contribution in [2.75, 3.05) is 32.8 Å². The lowest BCUT2D eigenvalue weighted by Gasteiger charge is -2.32. The summed E-state index contributed by atoms with van der Waals surface area (Å²) in [4.78, 5) is 14.3. The number of aromatic nitrogens is 3. The summed E-state index contributed by atoms with van der Waals surface area (Å²) in [5, 5.41) is 19.5. The van der Waals surface area contributed by atoms with Crippen molar-refractivity contribution in [2.24, 2.45) is 0 Å². The molecule has 1 aliphatic heterocycles. The number of carbonyl (C=O) groups excluding carboxylic acids is 1. The fourth-order valence-electron chi connectivity index (χ4n) is 3.33. The van der Waals surface area contributed by atoms with Crippen LogP contribution in [0.3, 0.4) is 0 Å². The molecule has 0 bridgehead atoms. The predicted octanol–water partition coefficient (Wildman–Crippen LogP) is 1.24. The number of aliphatic hydroxyl groups excluding tert-OH is 1. The number of amides is 1. The Labute approximate surface area is 159 Å². The number of hydrogen-bond donors (Lipinski definition) is 2. The SMILES string of the molecule is CCOc1ccc(CN2CCCC(n3cc(C(=O)NCCO)nn3)C2)cc1. The largest absolute Gasteiger partial charge is 0.494 e. The van der Waals surface area contributed by atoms with Crippen LogP contribution in [0.4, 0.5) is 0 Å². The molecule has 1 aromatic carbocycles. The molecule has 0 spiro atoms. The van der Waals surface area contributed by atoms with Gasteiger partial charge < -0.3 is 15.2 Å². The maximum absolute atomic E-state index is 11.9. The molecule has 1 atom stereocenters. The van der Waals surface area contributed by atoms with Crippen LogP contribution in [0.2, 0.25) is 0 Å². The first-order chi connectivity index (χ1) is 13.2. The van der Waals surface area contributed by atoms with Gasteiger partial charge in [0.1, 0.15) is 5.75 Å². The van der Waals surface area contributed by atoms with Gasteiger partial charge in [-0.3, -0.25) is 9.69 Å². The van der Waals surface area contributed by atoms with Crippen LogP contribution in [0.5, 0.6) is 5.75 Å². The Balaban J connectivity index is 1.57. The van der Waals surface area contributed by atoms with Crippen LogP contribution < -0.4 is 10.1 Å². The summed E-state index contributed by atoms with van der Waals surface area (Å²) >= 11 is 0. The van der Waals surface area contributed by atoms with E-state index in [4.69, 9.17) is 9.84 Å². The summed E-state index contributed by atoms with van der Waals surface area (Å²) in [5.41, 5.74) is 1.54. The van der Waals surface area contributed by atoms with Gasteiger partial charge in [-0.15, -0.1) is 5.10 Å². The summed E-state index contributed by atoms with van der Waals surface area (Å²) in [7, 11) is 0. The van der Waals surface area contributed by atoms with E-state index in [0.29, 0.717) is 6.61 Å². The Kier molecular flexibility index (Phi) is 6.78. The molecule has 146 valence electrons. The van der Waals surface area contributed by atoms with Crippen molar-refractivity contribution < 1.29 is 14.6 Å². The Morgan fingerprint density at radius 1 is 1.37 bits per heavy atom. The maximum atomic E-state index is 11.9. The van der Waals surface area contributed by atoms with Crippen LogP contribution in [0, 0.1) is 0 Å². The second-order valence-electron chi connectivity index (χ2n) is 6.67. The van der Waals surface area contributed by atoms with Gasteiger partial charge in [-0.1, -0.05) is 17.3 Å². The van der Waals surface area contributed by atoms with Crippen molar-refractivity contribution in [3.05, 3.63) is 41.7 Å². The summed E-state index contributed by atoms with van der Waals surface area (Å²) in [6.45, 7) is 5.56. The van der Waals surface area contributed by atoms with E-state index in [0.717, 1.165) is 38.2 Å². The minimum atomic E-state index is -0.308. The van der Waals surface area contributed by atoms with E-state index in [2.05, 4.69) is 32.7 Å². The molecule has 2 aromatic rings. The van der Waals surface area contributed by atoms with Gasteiger partial charge in [-0.05, 0) is 44.0 Å². The van der Waals surface area contributed by atoms with Crippen molar-refractivity contribution in [1.82, 2.24) is 25.2 Å². The zero-order valence-electron chi connectivity index (χ0n) is 15.7. The number of benzene rings is 1. The van der Waals surface area contributed by atoms with E-state index in [1.807, 2.05) is 19.1 Å². The van der Waals surface area contributed by atoms with Crippen molar-refractivity contribution >= 4 is 5.91 Å². The number of rotatable bonds is 8. The fourth-order valence-corrected chi connectivity index (χ4v) is 3.33. The summed E-state index contributed by atoms with van der Waals surface area (Å²) in [5.74, 6) is 0.588. The third kappa shape index (κ3) is 5.27. The Bertz CT molecular complexity index is 731. The smallest absolute Gasteiger partial charge is 0.273 e. The molecule has 3 rings (SSSR count). The van der Waals surface area contributed by atoms with E-state index in [-0.39, 0.29) is 30.8 Å². The van der Waals surface area contributed by atoms with Gasteiger partial charge in [-0.2, -0.15) is 0 Å². The molecule has 27 heavy (non-hydrogen) atoms. The molecule has 1 unspecified atom stereocenters. The molecular formula is C19H27N5O3. The highest BCUT2D eigenvalue weighted by molar-refractivity contribution is 5.91. The minimum absolute atomic E-state index is 0.0942. The number of hydrogen-bond acceptors (Lipinski definition) is 6. The molecular weight excluding hydrogens is 346 g/mol. The van der Waals surface area contributed by atoms with Crippen LogP contribution in [0.15, 0.2) is 30.5 Å². The lowest BCUT2D eigenvalue weighted by Crippen LogP contribution is -2.36. The molecule has 1 fully saturated rings. The van der Waals surface area contributed by atoms with E-state index >= 15 is 0 Å². The molecule has 8 nitrogen and oxygen atoms in total. The molecule has 1 aliphatic rings. The average molecular weight is 373 g/mol. The third-order valence-corrected chi connectivity index (χ3v) is 4.64. The summed E-state index contributed by atoms with van der Waals surface area (Å²) in [6.07, 6.45) is 3.78. The molecule has 0 aliphatic carbocycles. The molecule has 1 saturated heterocycles. The molecule has 2 heterocycles. The van der Waals surface area contributed by atoms with E-state index in [9.17, 15) is 4.79 Å². The lowest BCUT2D eigenvalue weighted by atomic mass is 10.0. The van der Waals surface area contributed by atoms with E-state index in [1.54, 1.807) is 10.9 Å². The van der Waals surface area contributed by atoms with Gasteiger partial charge in [0.05, 0.1) is 25.5 Å². The Morgan fingerprint density at radius 2 is 2.19 bits per heavy atom. The Morgan fingerprint density at radius 3 is 2.93 bits per heavy atom. The molecule has 1 amide bonds. The quantitative estimate of drug-likeness (QED) is 0.723. The zero-order valence-corrected chi connectivity index (χ0v) is 15.7. The number of nitrogens with zero attached hydrogens (tertiary/aromatic N) is 4. The number of carbonyl (C=O) groups is 1. The molecule has 2 N–H and O–H groups in total. The molecule has 1 aromatic heterocycles.